The molecule has 1 aromatic heterocycles. The molecule has 200 valence electrons. The first-order valence-electron chi connectivity index (χ1n) is 13.9. The van der Waals surface area contributed by atoms with Gasteiger partial charge >= 0.3 is 0 Å². The number of allylic oxidation sites excluding steroid dienone is 4. The van der Waals surface area contributed by atoms with Crippen LogP contribution in [-0.2, 0) is 5.41 Å². The lowest BCUT2D eigenvalue weighted by Gasteiger charge is -2.22. The van der Waals surface area contributed by atoms with Crippen molar-refractivity contribution < 1.29 is 3.89 Å². The molecule has 4 aromatic carbocycles. The summed E-state index contributed by atoms with van der Waals surface area (Å²) in [4.78, 5) is 15.1. The Labute approximate surface area is 244 Å². The van der Waals surface area contributed by atoms with Crippen molar-refractivity contribution in [1.82, 2.24) is 15.0 Å². The Morgan fingerprint density at radius 3 is 2.12 bits per heavy atom. The summed E-state index contributed by atoms with van der Waals surface area (Å²) < 4.78 is 14.2. The van der Waals surface area contributed by atoms with E-state index in [1.807, 2.05) is 42.5 Å². The summed E-state index contributed by atoms with van der Waals surface area (Å²) >= 11 is 0.241. The van der Waals surface area contributed by atoms with E-state index in [9.17, 15) is 3.89 Å². The van der Waals surface area contributed by atoms with E-state index in [-0.39, 0.29) is 17.6 Å². The van der Waals surface area contributed by atoms with Crippen molar-refractivity contribution in [2.45, 2.75) is 37.0 Å². The second-order valence-corrected chi connectivity index (χ2v) is 11.7. The smallest absolute Gasteiger partial charge is 0.164 e. The van der Waals surface area contributed by atoms with E-state index in [1.54, 1.807) is 0 Å². The van der Waals surface area contributed by atoms with Crippen LogP contribution in [0.1, 0.15) is 43.6 Å². The fourth-order valence-electron chi connectivity index (χ4n) is 5.95. The predicted molar refractivity (Wildman–Crippen MR) is 167 cm³/mol. The minimum Gasteiger partial charge on any atom is -0.208 e. The van der Waals surface area contributed by atoms with E-state index in [4.69, 9.17) is 15.0 Å². The average Bonchev–Trinajstić information content (AvgIpc) is 3.27. The third-order valence-electron chi connectivity index (χ3n) is 8.09. The number of fused-ring (bicyclic) bond motifs is 3. The van der Waals surface area contributed by atoms with E-state index in [2.05, 4.69) is 80.6 Å². The van der Waals surface area contributed by atoms with Crippen molar-refractivity contribution in [1.29, 1.82) is 0 Å². The molecule has 1 heterocycles. The molecule has 0 radical (unpaired) electrons. The molecule has 0 saturated heterocycles. The molecular weight excluding hydrogens is 525 g/mol. The SMILES string of the molecule is CC1(C)c2ccccc2-c2ccc(-c3cc(SF)cc(-c4nc(C5=CCCC=C5)nc(-c5ccccc5)n4)c3)cc21. The molecule has 0 saturated carbocycles. The maximum Gasteiger partial charge on any atom is 0.164 e. The summed E-state index contributed by atoms with van der Waals surface area (Å²) in [6.07, 6.45) is 8.34. The molecule has 0 N–H and O–H groups in total. The van der Waals surface area contributed by atoms with Gasteiger partial charge in [-0.15, -0.1) is 0 Å². The average molecular weight is 554 g/mol. The molecular formula is C36H28FN3S. The monoisotopic (exact) mass is 553 g/mol. The molecule has 0 unspecified atom stereocenters. The van der Waals surface area contributed by atoms with Crippen molar-refractivity contribution in [3.8, 4) is 45.0 Å². The van der Waals surface area contributed by atoms with Gasteiger partial charge in [-0.2, -0.15) is 3.89 Å². The number of benzene rings is 4. The van der Waals surface area contributed by atoms with Gasteiger partial charge in [0.25, 0.3) is 0 Å². The van der Waals surface area contributed by atoms with Crippen LogP contribution < -0.4 is 0 Å². The highest BCUT2D eigenvalue weighted by atomic mass is 32.2. The van der Waals surface area contributed by atoms with Crippen LogP contribution in [-0.4, -0.2) is 15.0 Å². The number of rotatable bonds is 5. The largest absolute Gasteiger partial charge is 0.208 e. The fourth-order valence-corrected chi connectivity index (χ4v) is 6.30. The highest BCUT2D eigenvalue weighted by Crippen LogP contribution is 2.49. The molecule has 0 spiro atoms. The lowest BCUT2D eigenvalue weighted by molar-refractivity contribution is 0.660. The quantitative estimate of drug-likeness (QED) is 0.217. The summed E-state index contributed by atoms with van der Waals surface area (Å²) in [7, 11) is 0. The van der Waals surface area contributed by atoms with Crippen LogP contribution in [0.5, 0.6) is 0 Å². The van der Waals surface area contributed by atoms with Crippen molar-refractivity contribution in [2.75, 3.05) is 0 Å². The number of nitrogens with zero attached hydrogens (tertiary/aromatic N) is 3. The Morgan fingerprint density at radius 1 is 0.634 bits per heavy atom. The number of halogens is 1. The zero-order chi connectivity index (χ0) is 28.0. The lowest BCUT2D eigenvalue weighted by Crippen LogP contribution is -2.14. The Balaban J connectivity index is 1.37. The topological polar surface area (TPSA) is 38.7 Å². The zero-order valence-corrected chi connectivity index (χ0v) is 23.8. The normalized spacial score (nSPS) is 14.9. The second-order valence-electron chi connectivity index (χ2n) is 11.1. The van der Waals surface area contributed by atoms with Gasteiger partial charge in [0, 0.05) is 27.0 Å². The fraction of sp³-hybridized carbons (Fsp3) is 0.139. The minimum absolute atomic E-state index is 0.119. The first-order valence-corrected chi connectivity index (χ1v) is 14.6. The predicted octanol–water partition coefficient (Wildman–Crippen LogP) is 9.89. The summed E-state index contributed by atoms with van der Waals surface area (Å²) in [5.41, 5.74) is 9.65. The second kappa shape index (κ2) is 10.2. The zero-order valence-electron chi connectivity index (χ0n) is 22.9. The van der Waals surface area contributed by atoms with Crippen molar-refractivity contribution in [3.05, 3.63) is 126 Å². The maximum absolute atomic E-state index is 14.2. The molecule has 0 atom stereocenters. The van der Waals surface area contributed by atoms with Gasteiger partial charge in [0.2, 0.25) is 0 Å². The number of hydrogen-bond donors (Lipinski definition) is 0. The van der Waals surface area contributed by atoms with Crippen LogP contribution in [0.15, 0.2) is 114 Å². The van der Waals surface area contributed by atoms with Gasteiger partial charge in [0.15, 0.2) is 17.5 Å². The van der Waals surface area contributed by atoms with Gasteiger partial charge in [0.1, 0.15) is 0 Å². The maximum atomic E-state index is 14.2. The van der Waals surface area contributed by atoms with Crippen LogP contribution in [0.25, 0.3) is 50.6 Å². The molecule has 5 aromatic rings. The molecule has 3 nitrogen and oxygen atoms in total. The molecule has 0 aliphatic heterocycles. The van der Waals surface area contributed by atoms with E-state index in [0.717, 1.165) is 40.7 Å². The van der Waals surface area contributed by atoms with Crippen molar-refractivity contribution in [3.63, 3.8) is 0 Å². The first-order chi connectivity index (χ1) is 20.0. The summed E-state index contributed by atoms with van der Waals surface area (Å²) in [6.45, 7) is 4.54. The standard InChI is InChI=1S/C36H28FN3S/c1-36(2)31-16-10-9-15-29(31)30-18-17-25(22-32(30)36)26-19-27(21-28(20-26)41-37)35-39-33(23-11-5-3-6-12-23)38-34(40-35)24-13-7-4-8-14-24/h3,5-7,9-22H,4,8H2,1-2H3. The molecule has 2 aliphatic rings. The number of aromatic nitrogens is 3. The molecule has 5 heteroatoms. The number of hydrogen-bond acceptors (Lipinski definition) is 4. The Kier molecular flexibility index (Phi) is 6.40. The third kappa shape index (κ3) is 4.60. The molecule has 7 rings (SSSR count). The molecule has 0 amide bonds. The molecule has 2 aliphatic carbocycles. The Bertz CT molecular complexity index is 1860. The Hall–Kier alpha value is -4.35. The Morgan fingerprint density at radius 2 is 1.34 bits per heavy atom. The van der Waals surface area contributed by atoms with Gasteiger partial charge in [0.05, 0.1) is 12.1 Å². The van der Waals surface area contributed by atoms with E-state index >= 15 is 0 Å². The van der Waals surface area contributed by atoms with Gasteiger partial charge in [-0.3, -0.25) is 0 Å². The van der Waals surface area contributed by atoms with Gasteiger partial charge in [-0.05, 0) is 70.5 Å². The minimum atomic E-state index is -0.119. The van der Waals surface area contributed by atoms with Crippen LogP contribution in [0.2, 0.25) is 0 Å². The molecule has 41 heavy (non-hydrogen) atoms. The summed E-state index contributed by atoms with van der Waals surface area (Å²) in [6, 6.07) is 30.9. The van der Waals surface area contributed by atoms with Crippen LogP contribution in [0.4, 0.5) is 3.89 Å². The van der Waals surface area contributed by atoms with Crippen LogP contribution in [0.3, 0.4) is 0 Å². The van der Waals surface area contributed by atoms with Gasteiger partial charge in [-0.1, -0.05) is 98.8 Å². The highest BCUT2D eigenvalue weighted by Gasteiger charge is 2.35. The summed E-state index contributed by atoms with van der Waals surface area (Å²) in [5, 5.41) is 0. The van der Waals surface area contributed by atoms with Gasteiger partial charge in [-0.25, -0.2) is 15.0 Å². The highest BCUT2D eigenvalue weighted by molar-refractivity contribution is 7.94. The molecule has 0 fully saturated rings. The van der Waals surface area contributed by atoms with E-state index in [1.165, 1.54) is 22.3 Å². The van der Waals surface area contributed by atoms with Crippen LogP contribution in [0, 0.1) is 0 Å². The van der Waals surface area contributed by atoms with Gasteiger partial charge < -0.3 is 0 Å². The first kappa shape index (κ1) is 25.6. The van der Waals surface area contributed by atoms with Crippen molar-refractivity contribution in [2.24, 2.45) is 0 Å². The summed E-state index contributed by atoms with van der Waals surface area (Å²) in [5.74, 6) is 1.75. The lowest BCUT2D eigenvalue weighted by atomic mass is 9.81. The third-order valence-corrected chi connectivity index (χ3v) is 8.51. The van der Waals surface area contributed by atoms with E-state index in [0.29, 0.717) is 22.4 Å². The van der Waals surface area contributed by atoms with E-state index < -0.39 is 0 Å². The van der Waals surface area contributed by atoms with Crippen molar-refractivity contribution >= 4 is 17.7 Å². The molecule has 0 bridgehead atoms. The van der Waals surface area contributed by atoms with Crippen LogP contribution >= 0.6 is 12.1 Å².